The van der Waals surface area contributed by atoms with Gasteiger partial charge in [0, 0.05) is 39.8 Å². The van der Waals surface area contributed by atoms with E-state index in [4.69, 9.17) is 9.40 Å². The molecule has 3 heteroatoms. The van der Waals surface area contributed by atoms with E-state index in [0.29, 0.717) is 5.89 Å². The first-order valence-corrected chi connectivity index (χ1v) is 10.3. The van der Waals surface area contributed by atoms with Crippen molar-refractivity contribution in [3.05, 3.63) is 90.3 Å². The Morgan fingerprint density at radius 3 is 2.50 bits per heavy atom. The molecule has 0 aliphatic carbocycles. The minimum absolute atomic E-state index is 0.623. The van der Waals surface area contributed by atoms with Gasteiger partial charge in [-0.1, -0.05) is 54.6 Å². The van der Waals surface area contributed by atoms with E-state index in [1.165, 1.54) is 27.2 Å². The summed E-state index contributed by atoms with van der Waals surface area (Å²) in [6.45, 7) is 3.15. The van der Waals surface area contributed by atoms with Crippen LogP contribution >= 0.6 is 0 Å². The fourth-order valence-corrected chi connectivity index (χ4v) is 4.43. The molecule has 6 aromatic rings. The van der Waals surface area contributed by atoms with Crippen molar-refractivity contribution in [2.75, 3.05) is 0 Å². The Balaban J connectivity index is 1.44. The molecule has 0 unspecified atom stereocenters. The highest BCUT2D eigenvalue weighted by Gasteiger charge is 2.10. The molecule has 0 amide bonds. The summed E-state index contributed by atoms with van der Waals surface area (Å²) in [5.41, 5.74) is 5.41. The number of hydrogen-bond acceptors (Lipinski definition) is 2. The van der Waals surface area contributed by atoms with Crippen LogP contribution < -0.4 is 0 Å². The maximum atomic E-state index is 5.98. The summed E-state index contributed by atoms with van der Waals surface area (Å²) in [5.74, 6) is 0.623. The summed E-state index contributed by atoms with van der Waals surface area (Å²) in [5, 5.41) is 4.86. The number of rotatable bonds is 3. The smallest absolute Gasteiger partial charge is 0.220 e. The number of hydrogen-bond donors (Lipinski definition) is 0. The van der Waals surface area contributed by atoms with Gasteiger partial charge < -0.3 is 8.98 Å². The second-order valence-electron chi connectivity index (χ2n) is 7.56. The zero-order chi connectivity index (χ0) is 20.1. The van der Waals surface area contributed by atoms with Crippen LogP contribution in [0.15, 0.2) is 83.3 Å². The SMILES string of the molecule is CCn1c2ccccc2c2cc(/C=C/c3nc4c(ccc5ccccc54)o3)ccc21. The summed E-state index contributed by atoms with van der Waals surface area (Å²) < 4.78 is 8.34. The van der Waals surface area contributed by atoms with Gasteiger partial charge in [-0.05, 0) is 48.2 Å². The standard InChI is InChI=1S/C27H20N2O/c1-2-29-23-10-6-5-9-21(23)22-17-18(11-14-24(22)29)12-16-26-28-27-20-8-4-3-7-19(20)13-15-25(27)30-26/h3-17H,2H2,1H3/b16-12+. The molecule has 6 rings (SSSR count). The third kappa shape index (κ3) is 2.56. The van der Waals surface area contributed by atoms with Crippen molar-refractivity contribution in [3.8, 4) is 0 Å². The number of para-hydroxylation sites is 1. The average molecular weight is 388 g/mol. The number of oxazole rings is 1. The first kappa shape index (κ1) is 17.0. The summed E-state index contributed by atoms with van der Waals surface area (Å²) >= 11 is 0. The van der Waals surface area contributed by atoms with Gasteiger partial charge >= 0.3 is 0 Å². The van der Waals surface area contributed by atoms with Gasteiger partial charge in [0.15, 0.2) is 5.58 Å². The molecule has 0 aliphatic heterocycles. The van der Waals surface area contributed by atoms with Crippen LogP contribution in [0.5, 0.6) is 0 Å². The van der Waals surface area contributed by atoms with E-state index in [0.717, 1.165) is 28.6 Å². The molecule has 4 aromatic carbocycles. The highest BCUT2D eigenvalue weighted by Crippen LogP contribution is 2.30. The van der Waals surface area contributed by atoms with E-state index >= 15 is 0 Å². The van der Waals surface area contributed by atoms with Crippen molar-refractivity contribution in [3.63, 3.8) is 0 Å². The van der Waals surface area contributed by atoms with Crippen molar-refractivity contribution in [2.24, 2.45) is 0 Å². The van der Waals surface area contributed by atoms with E-state index in [1.807, 2.05) is 24.3 Å². The molecule has 144 valence electrons. The number of nitrogens with zero attached hydrogens (tertiary/aromatic N) is 2. The Hall–Kier alpha value is -3.85. The zero-order valence-electron chi connectivity index (χ0n) is 16.7. The first-order valence-electron chi connectivity index (χ1n) is 10.3. The maximum Gasteiger partial charge on any atom is 0.220 e. The Bertz CT molecular complexity index is 1580. The van der Waals surface area contributed by atoms with Gasteiger partial charge in [0.1, 0.15) is 5.52 Å². The molecule has 0 fully saturated rings. The first-order chi connectivity index (χ1) is 14.8. The number of aryl methyl sites for hydroxylation is 1. The van der Waals surface area contributed by atoms with E-state index < -0.39 is 0 Å². The molecule has 2 aromatic heterocycles. The van der Waals surface area contributed by atoms with Crippen LogP contribution in [-0.2, 0) is 6.54 Å². The van der Waals surface area contributed by atoms with Crippen molar-refractivity contribution >= 4 is 55.8 Å². The van der Waals surface area contributed by atoms with E-state index in [1.54, 1.807) is 0 Å². The predicted octanol–water partition coefficient (Wildman–Crippen LogP) is 7.28. The number of benzene rings is 4. The fourth-order valence-electron chi connectivity index (χ4n) is 4.43. The molecule has 0 radical (unpaired) electrons. The largest absolute Gasteiger partial charge is 0.437 e. The summed E-state index contributed by atoms with van der Waals surface area (Å²) in [4.78, 5) is 4.73. The predicted molar refractivity (Wildman–Crippen MR) is 126 cm³/mol. The molecule has 3 nitrogen and oxygen atoms in total. The quantitative estimate of drug-likeness (QED) is 0.319. The second-order valence-corrected chi connectivity index (χ2v) is 7.56. The molecular formula is C27H20N2O. The van der Waals surface area contributed by atoms with Crippen molar-refractivity contribution in [1.82, 2.24) is 9.55 Å². The van der Waals surface area contributed by atoms with Crippen LogP contribution in [0.3, 0.4) is 0 Å². The maximum absolute atomic E-state index is 5.98. The second kappa shape index (κ2) is 6.60. The summed E-state index contributed by atoms with van der Waals surface area (Å²) in [7, 11) is 0. The topological polar surface area (TPSA) is 31.0 Å². The van der Waals surface area contributed by atoms with E-state index in [2.05, 4.69) is 78.2 Å². The average Bonchev–Trinajstić information content (AvgIpc) is 3.36. The third-order valence-corrected chi connectivity index (χ3v) is 5.83. The van der Waals surface area contributed by atoms with Crippen LogP contribution in [0.2, 0.25) is 0 Å². The molecule has 0 saturated carbocycles. The van der Waals surface area contributed by atoms with Gasteiger partial charge in [0.2, 0.25) is 5.89 Å². The Morgan fingerprint density at radius 1 is 0.800 bits per heavy atom. The van der Waals surface area contributed by atoms with Gasteiger partial charge in [0.25, 0.3) is 0 Å². The monoisotopic (exact) mass is 388 g/mol. The Kier molecular flexibility index (Phi) is 3.75. The van der Waals surface area contributed by atoms with Crippen molar-refractivity contribution in [2.45, 2.75) is 13.5 Å². The minimum Gasteiger partial charge on any atom is -0.437 e. The summed E-state index contributed by atoms with van der Waals surface area (Å²) in [6.07, 6.45) is 4.03. The Morgan fingerprint density at radius 2 is 1.60 bits per heavy atom. The van der Waals surface area contributed by atoms with Gasteiger partial charge in [-0.25, -0.2) is 4.98 Å². The van der Waals surface area contributed by atoms with Crippen molar-refractivity contribution in [1.29, 1.82) is 0 Å². The molecule has 2 heterocycles. The van der Waals surface area contributed by atoms with Gasteiger partial charge in [-0.15, -0.1) is 0 Å². The zero-order valence-corrected chi connectivity index (χ0v) is 16.7. The molecule has 0 bridgehead atoms. The molecular weight excluding hydrogens is 368 g/mol. The van der Waals surface area contributed by atoms with E-state index in [-0.39, 0.29) is 0 Å². The molecule has 0 saturated heterocycles. The molecule has 0 aliphatic rings. The van der Waals surface area contributed by atoms with Crippen LogP contribution in [0.4, 0.5) is 0 Å². The molecule has 0 spiro atoms. The minimum atomic E-state index is 0.623. The van der Waals surface area contributed by atoms with E-state index in [9.17, 15) is 0 Å². The normalized spacial score (nSPS) is 12.2. The fraction of sp³-hybridized carbons (Fsp3) is 0.0741. The molecule has 0 atom stereocenters. The van der Waals surface area contributed by atoms with Crippen LogP contribution in [-0.4, -0.2) is 9.55 Å². The summed E-state index contributed by atoms with van der Waals surface area (Å²) in [6, 6.07) is 27.5. The lowest BCUT2D eigenvalue weighted by Crippen LogP contribution is -1.92. The van der Waals surface area contributed by atoms with Gasteiger partial charge in [-0.2, -0.15) is 0 Å². The van der Waals surface area contributed by atoms with Gasteiger partial charge in [-0.3, -0.25) is 0 Å². The number of fused-ring (bicyclic) bond motifs is 6. The van der Waals surface area contributed by atoms with Crippen molar-refractivity contribution < 1.29 is 4.42 Å². The highest BCUT2D eigenvalue weighted by atomic mass is 16.3. The van der Waals surface area contributed by atoms with Crippen LogP contribution in [0, 0.1) is 0 Å². The lowest BCUT2D eigenvalue weighted by molar-refractivity contribution is 0.590. The lowest BCUT2D eigenvalue weighted by Gasteiger charge is -2.02. The molecule has 0 N–H and O–H groups in total. The Labute approximate surface area is 173 Å². The molecule has 30 heavy (non-hydrogen) atoms. The highest BCUT2D eigenvalue weighted by molar-refractivity contribution is 6.09. The van der Waals surface area contributed by atoms with Crippen LogP contribution in [0.25, 0.3) is 55.8 Å². The number of aromatic nitrogens is 2. The van der Waals surface area contributed by atoms with Gasteiger partial charge in [0.05, 0.1) is 0 Å². The third-order valence-electron chi connectivity index (χ3n) is 5.83. The van der Waals surface area contributed by atoms with Crippen LogP contribution in [0.1, 0.15) is 18.4 Å². The lowest BCUT2D eigenvalue weighted by atomic mass is 10.1.